The summed E-state index contributed by atoms with van der Waals surface area (Å²) in [7, 11) is 1.55. The van der Waals surface area contributed by atoms with Gasteiger partial charge in [0.1, 0.15) is 11.5 Å². The first-order valence-electron chi connectivity index (χ1n) is 6.08. The van der Waals surface area contributed by atoms with Crippen molar-refractivity contribution < 1.29 is 14.6 Å². The standard InChI is InChI=1S/C14H17ClN2O3/c1-8(2)20-13-5-4-9(6-10(13)15)12(17-3)7-11(16)14(18)19/h4-6,8,16H,7H2,1-3H3,(H,18,19). The Morgan fingerprint density at radius 1 is 1.50 bits per heavy atom. The highest BCUT2D eigenvalue weighted by Crippen LogP contribution is 2.27. The highest BCUT2D eigenvalue weighted by molar-refractivity contribution is 6.39. The zero-order chi connectivity index (χ0) is 15.3. The molecule has 1 aromatic carbocycles. The van der Waals surface area contributed by atoms with Crippen molar-refractivity contribution in [2.24, 2.45) is 4.99 Å². The molecule has 20 heavy (non-hydrogen) atoms. The molecular formula is C14H17ClN2O3. The van der Waals surface area contributed by atoms with E-state index in [2.05, 4.69) is 4.99 Å². The number of rotatable bonds is 6. The number of carboxylic acid groups (broad SMARTS) is 1. The monoisotopic (exact) mass is 296 g/mol. The van der Waals surface area contributed by atoms with Crippen LogP contribution in [0.15, 0.2) is 23.2 Å². The zero-order valence-electron chi connectivity index (χ0n) is 11.6. The van der Waals surface area contributed by atoms with Crippen LogP contribution in [0.2, 0.25) is 5.02 Å². The number of carboxylic acids is 1. The molecule has 0 amide bonds. The summed E-state index contributed by atoms with van der Waals surface area (Å²) in [5.74, 6) is -0.689. The van der Waals surface area contributed by atoms with Crippen LogP contribution in [0, 0.1) is 5.41 Å². The second-order valence-electron chi connectivity index (χ2n) is 4.44. The summed E-state index contributed by atoms with van der Waals surface area (Å²) in [5, 5.41) is 16.6. The number of aliphatic carboxylic acids is 1. The molecule has 2 N–H and O–H groups in total. The molecule has 1 rings (SSSR count). The lowest BCUT2D eigenvalue weighted by molar-refractivity contribution is -0.129. The number of carbonyl (C=O) groups is 1. The topological polar surface area (TPSA) is 82.7 Å². The number of nitrogens with zero attached hydrogens (tertiary/aromatic N) is 1. The number of benzene rings is 1. The molecule has 0 heterocycles. The average Bonchev–Trinajstić information content (AvgIpc) is 2.37. The molecule has 108 valence electrons. The van der Waals surface area contributed by atoms with E-state index in [-0.39, 0.29) is 12.5 Å². The zero-order valence-corrected chi connectivity index (χ0v) is 12.4. The molecule has 0 saturated carbocycles. The Bertz CT molecular complexity index is 553. The number of halogens is 1. The van der Waals surface area contributed by atoms with Crippen molar-refractivity contribution in [1.29, 1.82) is 5.41 Å². The molecule has 0 atom stereocenters. The molecule has 0 aliphatic rings. The van der Waals surface area contributed by atoms with Crippen molar-refractivity contribution in [3.05, 3.63) is 28.8 Å². The van der Waals surface area contributed by atoms with E-state index in [9.17, 15) is 4.79 Å². The Morgan fingerprint density at radius 2 is 2.15 bits per heavy atom. The molecule has 5 nitrogen and oxygen atoms in total. The summed E-state index contributed by atoms with van der Waals surface area (Å²) in [5.41, 5.74) is 0.763. The van der Waals surface area contributed by atoms with Gasteiger partial charge in [0.05, 0.1) is 11.1 Å². The van der Waals surface area contributed by atoms with Gasteiger partial charge in [-0.15, -0.1) is 0 Å². The summed E-state index contributed by atoms with van der Waals surface area (Å²) >= 11 is 6.12. The van der Waals surface area contributed by atoms with Crippen molar-refractivity contribution in [3.63, 3.8) is 0 Å². The van der Waals surface area contributed by atoms with Crippen LogP contribution in [-0.2, 0) is 4.79 Å². The Morgan fingerprint density at radius 3 is 2.60 bits per heavy atom. The number of hydrogen-bond donors (Lipinski definition) is 2. The van der Waals surface area contributed by atoms with E-state index in [0.717, 1.165) is 0 Å². The lowest BCUT2D eigenvalue weighted by Crippen LogP contribution is -2.17. The van der Waals surface area contributed by atoms with Gasteiger partial charge in [-0.1, -0.05) is 11.6 Å². The number of nitrogens with one attached hydrogen (secondary N) is 1. The maximum atomic E-state index is 10.7. The van der Waals surface area contributed by atoms with Crippen molar-refractivity contribution in [1.82, 2.24) is 0 Å². The highest BCUT2D eigenvalue weighted by atomic mass is 35.5. The molecule has 0 unspecified atom stereocenters. The van der Waals surface area contributed by atoms with E-state index < -0.39 is 11.7 Å². The molecule has 0 aliphatic carbocycles. The van der Waals surface area contributed by atoms with Crippen molar-refractivity contribution in [2.45, 2.75) is 26.4 Å². The molecular weight excluding hydrogens is 280 g/mol. The molecule has 6 heteroatoms. The summed E-state index contributed by atoms with van der Waals surface area (Å²) in [6.07, 6.45) is -0.0372. The quantitative estimate of drug-likeness (QED) is 0.791. The Labute approximate surface area is 122 Å². The highest BCUT2D eigenvalue weighted by Gasteiger charge is 2.14. The van der Waals surface area contributed by atoms with E-state index in [0.29, 0.717) is 22.0 Å². The van der Waals surface area contributed by atoms with Crippen molar-refractivity contribution in [3.8, 4) is 5.75 Å². The summed E-state index contributed by atoms with van der Waals surface area (Å²) < 4.78 is 5.52. The van der Waals surface area contributed by atoms with Crippen molar-refractivity contribution >= 4 is 29.0 Å². The van der Waals surface area contributed by atoms with Crippen LogP contribution in [0.1, 0.15) is 25.8 Å². The fraction of sp³-hybridized carbons (Fsp3) is 0.357. The maximum Gasteiger partial charge on any atom is 0.349 e. The van der Waals surface area contributed by atoms with Crippen LogP contribution in [0.25, 0.3) is 0 Å². The molecule has 0 aromatic heterocycles. The van der Waals surface area contributed by atoms with Gasteiger partial charge in [0, 0.05) is 19.2 Å². The maximum absolute atomic E-state index is 10.7. The minimum absolute atomic E-state index is 0.0119. The van der Waals surface area contributed by atoms with E-state index in [1.807, 2.05) is 13.8 Å². The SMILES string of the molecule is CN=C(CC(=N)C(=O)O)c1ccc(OC(C)C)c(Cl)c1. The molecule has 1 aromatic rings. The molecule has 0 saturated heterocycles. The number of ether oxygens (including phenoxy) is 1. The third-order valence-electron chi connectivity index (χ3n) is 2.50. The third-order valence-corrected chi connectivity index (χ3v) is 2.80. The van der Waals surface area contributed by atoms with Crippen LogP contribution in [-0.4, -0.2) is 35.7 Å². The largest absolute Gasteiger partial charge is 0.489 e. The predicted molar refractivity (Wildman–Crippen MR) is 79.7 cm³/mol. The van der Waals surface area contributed by atoms with Gasteiger partial charge in [-0.2, -0.15) is 0 Å². The molecule has 0 bridgehead atoms. The second kappa shape index (κ2) is 7.05. The molecule has 0 aliphatic heterocycles. The van der Waals surface area contributed by atoms with Gasteiger partial charge in [0.15, 0.2) is 0 Å². The summed E-state index contributed by atoms with van der Waals surface area (Å²) in [4.78, 5) is 14.7. The van der Waals surface area contributed by atoms with E-state index in [4.69, 9.17) is 26.9 Å². The van der Waals surface area contributed by atoms with Crippen LogP contribution < -0.4 is 4.74 Å². The second-order valence-corrected chi connectivity index (χ2v) is 4.85. The van der Waals surface area contributed by atoms with Gasteiger partial charge in [0.25, 0.3) is 0 Å². The number of hydrogen-bond acceptors (Lipinski definition) is 4. The lowest BCUT2D eigenvalue weighted by Gasteiger charge is -2.13. The average molecular weight is 297 g/mol. The van der Waals surface area contributed by atoms with Crippen LogP contribution >= 0.6 is 11.6 Å². The van der Waals surface area contributed by atoms with Gasteiger partial charge < -0.3 is 9.84 Å². The molecule has 0 spiro atoms. The van der Waals surface area contributed by atoms with Crippen LogP contribution in [0.3, 0.4) is 0 Å². The Hall–Kier alpha value is -1.88. The Kier molecular flexibility index (Phi) is 5.70. The predicted octanol–water partition coefficient (Wildman–Crippen LogP) is 3.04. The van der Waals surface area contributed by atoms with Gasteiger partial charge in [-0.05, 0) is 37.6 Å². The Balaban J connectivity index is 2.98. The van der Waals surface area contributed by atoms with Gasteiger partial charge in [-0.25, -0.2) is 4.79 Å². The van der Waals surface area contributed by atoms with E-state index >= 15 is 0 Å². The minimum atomic E-state index is -1.25. The van der Waals surface area contributed by atoms with Gasteiger partial charge >= 0.3 is 5.97 Å². The number of aliphatic imine (C=N–C) groups is 1. The van der Waals surface area contributed by atoms with Gasteiger partial charge in [-0.3, -0.25) is 10.4 Å². The smallest absolute Gasteiger partial charge is 0.349 e. The third kappa shape index (κ3) is 4.35. The fourth-order valence-corrected chi connectivity index (χ4v) is 1.81. The first kappa shape index (κ1) is 16.2. The van der Waals surface area contributed by atoms with Crippen LogP contribution in [0.5, 0.6) is 5.75 Å². The first-order chi connectivity index (χ1) is 9.35. The summed E-state index contributed by atoms with van der Waals surface area (Å²) in [6.45, 7) is 3.80. The normalized spacial score (nSPS) is 11.6. The van der Waals surface area contributed by atoms with Crippen LogP contribution in [0.4, 0.5) is 0 Å². The van der Waals surface area contributed by atoms with E-state index in [1.165, 1.54) is 0 Å². The molecule has 0 fully saturated rings. The summed E-state index contributed by atoms with van der Waals surface area (Å²) in [6, 6.07) is 5.13. The molecule has 0 radical (unpaired) electrons. The lowest BCUT2D eigenvalue weighted by atomic mass is 10.0. The fourth-order valence-electron chi connectivity index (χ4n) is 1.58. The van der Waals surface area contributed by atoms with Crippen molar-refractivity contribution in [2.75, 3.05) is 7.05 Å². The first-order valence-corrected chi connectivity index (χ1v) is 6.46. The minimum Gasteiger partial charge on any atom is -0.489 e. The van der Waals surface area contributed by atoms with E-state index in [1.54, 1.807) is 25.2 Å². The van der Waals surface area contributed by atoms with Gasteiger partial charge in [0.2, 0.25) is 0 Å².